The number of nitrogen functional groups attached to an aromatic ring is 1. The number of nitrogens with two attached hydrogens (primary N) is 1. The molecule has 102 valence electrons. The Morgan fingerprint density at radius 1 is 1.17 bits per heavy atom. The fourth-order valence-corrected chi connectivity index (χ4v) is 2.90. The molecular weight excluding hydrogens is 357 g/mol. The molecule has 0 aliphatic carbocycles. The van der Waals surface area contributed by atoms with Crippen LogP contribution in [0.25, 0.3) is 0 Å². The highest BCUT2D eigenvalue weighted by molar-refractivity contribution is 14.1. The zero-order valence-electron chi connectivity index (χ0n) is 11.5. The van der Waals surface area contributed by atoms with E-state index in [4.69, 9.17) is 5.73 Å². The van der Waals surface area contributed by atoms with Crippen molar-refractivity contribution in [2.24, 2.45) is 11.8 Å². The van der Waals surface area contributed by atoms with Crippen LogP contribution in [0.4, 0.5) is 5.82 Å². The fraction of sp³-hybridized carbons (Fsp3) is 0.692. The number of halogens is 1. The minimum atomic E-state index is 0.587. The summed E-state index contributed by atoms with van der Waals surface area (Å²) < 4.78 is 1.01. The molecule has 1 heterocycles. The summed E-state index contributed by atoms with van der Waals surface area (Å²) >= 11 is 4.12. The highest BCUT2D eigenvalue weighted by Gasteiger charge is 2.11. The van der Waals surface area contributed by atoms with E-state index in [1.54, 1.807) is 0 Å². The van der Waals surface area contributed by atoms with Gasteiger partial charge in [-0.2, -0.15) is 11.8 Å². The van der Waals surface area contributed by atoms with E-state index in [0.717, 1.165) is 33.0 Å². The van der Waals surface area contributed by atoms with Gasteiger partial charge in [-0.3, -0.25) is 0 Å². The summed E-state index contributed by atoms with van der Waals surface area (Å²) in [4.78, 5) is 9.03. The van der Waals surface area contributed by atoms with Gasteiger partial charge in [0.15, 0.2) is 0 Å². The van der Waals surface area contributed by atoms with Crippen molar-refractivity contribution < 1.29 is 0 Å². The SMILES string of the molecule is CC(C)CSCc1nc(N)c(I)c(CC(C)C)n1. The summed E-state index contributed by atoms with van der Waals surface area (Å²) in [5.74, 6) is 4.77. The normalized spacial score (nSPS) is 11.5. The van der Waals surface area contributed by atoms with Gasteiger partial charge in [0.25, 0.3) is 0 Å². The lowest BCUT2D eigenvalue weighted by Gasteiger charge is -2.11. The number of anilines is 1. The van der Waals surface area contributed by atoms with E-state index in [2.05, 4.69) is 60.3 Å². The van der Waals surface area contributed by atoms with Crippen LogP contribution in [0.3, 0.4) is 0 Å². The molecule has 0 aliphatic rings. The zero-order valence-corrected chi connectivity index (χ0v) is 14.5. The van der Waals surface area contributed by atoms with Crippen LogP contribution in [0.1, 0.15) is 39.2 Å². The van der Waals surface area contributed by atoms with Crippen molar-refractivity contribution in [3.05, 3.63) is 15.1 Å². The Hall–Kier alpha value is -0.0400. The molecule has 0 amide bonds. The summed E-state index contributed by atoms with van der Waals surface area (Å²) in [5.41, 5.74) is 7.06. The Labute approximate surface area is 128 Å². The standard InChI is InChI=1S/C13H22IN3S/c1-8(2)5-10-12(14)13(15)17-11(16-10)7-18-6-9(3)4/h8-9H,5-7H2,1-4H3,(H2,15,16,17). The van der Waals surface area contributed by atoms with Crippen LogP contribution in [0.5, 0.6) is 0 Å². The van der Waals surface area contributed by atoms with Gasteiger partial charge in [-0.1, -0.05) is 27.7 Å². The molecule has 0 saturated heterocycles. The lowest BCUT2D eigenvalue weighted by molar-refractivity contribution is 0.629. The zero-order chi connectivity index (χ0) is 13.7. The summed E-state index contributed by atoms with van der Waals surface area (Å²) in [6.07, 6.45) is 0.965. The van der Waals surface area contributed by atoms with E-state index in [-0.39, 0.29) is 0 Å². The van der Waals surface area contributed by atoms with Crippen molar-refractivity contribution in [1.82, 2.24) is 9.97 Å². The average Bonchev–Trinajstić information content (AvgIpc) is 2.24. The van der Waals surface area contributed by atoms with Crippen molar-refractivity contribution in [3.8, 4) is 0 Å². The van der Waals surface area contributed by atoms with Gasteiger partial charge in [0.05, 0.1) is 15.0 Å². The molecule has 18 heavy (non-hydrogen) atoms. The summed E-state index contributed by atoms with van der Waals surface area (Å²) in [5, 5.41) is 0. The molecule has 0 aromatic carbocycles. The topological polar surface area (TPSA) is 51.8 Å². The molecule has 0 bridgehead atoms. The van der Waals surface area contributed by atoms with Crippen LogP contribution in [0, 0.1) is 15.4 Å². The van der Waals surface area contributed by atoms with Crippen molar-refractivity contribution in [1.29, 1.82) is 0 Å². The van der Waals surface area contributed by atoms with Crippen LogP contribution in [-0.2, 0) is 12.2 Å². The molecule has 1 rings (SSSR count). The van der Waals surface area contributed by atoms with Gasteiger partial charge in [0, 0.05) is 0 Å². The van der Waals surface area contributed by atoms with E-state index in [1.165, 1.54) is 0 Å². The van der Waals surface area contributed by atoms with Crippen LogP contribution in [-0.4, -0.2) is 15.7 Å². The van der Waals surface area contributed by atoms with Gasteiger partial charge < -0.3 is 5.73 Å². The third-order valence-electron chi connectivity index (χ3n) is 2.28. The van der Waals surface area contributed by atoms with Crippen molar-refractivity contribution >= 4 is 40.2 Å². The first-order valence-corrected chi connectivity index (χ1v) is 8.52. The first-order chi connectivity index (χ1) is 8.40. The second kappa shape index (κ2) is 7.53. The molecule has 0 aliphatic heterocycles. The molecule has 1 aromatic rings. The van der Waals surface area contributed by atoms with Gasteiger partial charge in [-0.25, -0.2) is 9.97 Å². The average molecular weight is 379 g/mol. The van der Waals surface area contributed by atoms with E-state index < -0.39 is 0 Å². The van der Waals surface area contributed by atoms with E-state index in [0.29, 0.717) is 17.7 Å². The maximum Gasteiger partial charge on any atom is 0.140 e. The monoisotopic (exact) mass is 379 g/mol. The maximum atomic E-state index is 5.96. The molecule has 0 radical (unpaired) electrons. The van der Waals surface area contributed by atoms with Gasteiger partial charge in [-0.05, 0) is 46.6 Å². The minimum Gasteiger partial charge on any atom is -0.383 e. The largest absolute Gasteiger partial charge is 0.383 e. The minimum absolute atomic E-state index is 0.587. The van der Waals surface area contributed by atoms with Gasteiger partial charge in [0.2, 0.25) is 0 Å². The Bertz CT molecular complexity index is 394. The fourth-order valence-electron chi connectivity index (χ4n) is 1.54. The van der Waals surface area contributed by atoms with Crippen molar-refractivity contribution in [2.45, 2.75) is 39.9 Å². The summed E-state index contributed by atoms with van der Waals surface area (Å²) in [6.45, 7) is 8.84. The third-order valence-corrected chi connectivity index (χ3v) is 4.82. The Balaban J connectivity index is 2.77. The molecule has 2 N–H and O–H groups in total. The second-order valence-electron chi connectivity index (χ2n) is 5.29. The van der Waals surface area contributed by atoms with Gasteiger partial charge in [0.1, 0.15) is 11.6 Å². The predicted molar refractivity (Wildman–Crippen MR) is 88.7 cm³/mol. The number of aromatic nitrogens is 2. The number of nitrogens with zero attached hydrogens (tertiary/aromatic N) is 2. The van der Waals surface area contributed by atoms with Crippen LogP contribution in [0.15, 0.2) is 0 Å². The number of thioether (sulfide) groups is 1. The quantitative estimate of drug-likeness (QED) is 0.765. The summed E-state index contributed by atoms with van der Waals surface area (Å²) in [7, 11) is 0. The lowest BCUT2D eigenvalue weighted by Crippen LogP contribution is -2.09. The maximum absolute atomic E-state index is 5.96. The molecule has 0 unspecified atom stereocenters. The smallest absolute Gasteiger partial charge is 0.140 e. The third kappa shape index (κ3) is 5.30. The highest BCUT2D eigenvalue weighted by Crippen LogP contribution is 2.21. The second-order valence-corrected chi connectivity index (χ2v) is 7.40. The van der Waals surface area contributed by atoms with Crippen molar-refractivity contribution in [3.63, 3.8) is 0 Å². The molecule has 0 atom stereocenters. The van der Waals surface area contributed by atoms with E-state index in [1.807, 2.05) is 11.8 Å². The first-order valence-electron chi connectivity index (χ1n) is 6.28. The predicted octanol–water partition coefficient (Wildman–Crippen LogP) is 3.75. The number of rotatable bonds is 6. The molecule has 0 saturated carbocycles. The molecule has 0 fully saturated rings. The van der Waals surface area contributed by atoms with Crippen LogP contribution < -0.4 is 5.73 Å². The number of hydrogen-bond donors (Lipinski definition) is 1. The number of hydrogen-bond acceptors (Lipinski definition) is 4. The Kier molecular flexibility index (Phi) is 6.70. The Morgan fingerprint density at radius 3 is 2.39 bits per heavy atom. The molecule has 3 nitrogen and oxygen atoms in total. The molecule has 0 spiro atoms. The highest BCUT2D eigenvalue weighted by atomic mass is 127. The Morgan fingerprint density at radius 2 is 1.83 bits per heavy atom. The van der Waals surface area contributed by atoms with Crippen LogP contribution in [0.2, 0.25) is 0 Å². The lowest BCUT2D eigenvalue weighted by atomic mass is 10.1. The molecule has 1 aromatic heterocycles. The first kappa shape index (κ1) is 16.0. The molecular formula is C13H22IN3S. The van der Waals surface area contributed by atoms with E-state index in [9.17, 15) is 0 Å². The van der Waals surface area contributed by atoms with E-state index >= 15 is 0 Å². The van der Waals surface area contributed by atoms with Crippen LogP contribution >= 0.6 is 34.4 Å². The summed E-state index contributed by atoms with van der Waals surface area (Å²) in [6, 6.07) is 0. The van der Waals surface area contributed by atoms with Gasteiger partial charge >= 0.3 is 0 Å². The van der Waals surface area contributed by atoms with Gasteiger partial charge in [-0.15, -0.1) is 0 Å². The molecule has 5 heteroatoms. The van der Waals surface area contributed by atoms with Crippen molar-refractivity contribution in [2.75, 3.05) is 11.5 Å².